The molecule has 0 aromatic heterocycles. The van der Waals surface area contributed by atoms with Crippen molar-refractivity contribution < 1.29 is 19.4 Å². The molecule has 0 saturated heterocycles. The molecular weight excluding hydrogens is 222 g/mol. The first kappa shape index (κ1) is 13.0. The fraction of sp³-hybridized carbons (Fsp3) is 0.333. The van der Waals surface area contributed by atoms with E-state index in [9.17, 15) is 9.59 Å². The van der Waals surface area contributed by atoms with Gasteiger partial charge in [-0.25, -0.2) is 9.59 Å². The standard InChI is InChI=1S/C12H15NO4/c1-3-10(12(16)17-2)13-9-6-4-8(5-7-9)11(14)15/h4-7,10,13H,3H2,1-2H3,(H,14,15). The molecule has 1 atom stereocenters. The number of carboxylic acids is 1. The topological polar surface area (TPSA) is 75.6 Å². The second kappa shape index (κ2) is 5.89. The number of methoxy groups -OCH3 is 1. The van der Waals surface area contributed by atoms with Crippen molar-refractivity contribution in [2.45, 2.75) is 19.4 Å². The first-order chi connectivity index (χ1) is 8.08. The molecule has 0 bridgehead atoms. The molecule has 0 amide bonds. The maximum Gasteiger partial charge on any atom is 0.335 e. The zero-order chi connectivity index (χ0) is 12.8. The summed E-state index contributed by atoms with van der Waals surface area (Å²) in [4.78, 5) is 22.0. The van der Waals surface area contributed by atoms with E-state index in [1.807, 2.05) is 6.92 Å². The number of anilines is 1. The molecule has 0 aliphatic heterocycles. The van der Waals surface area contributed by atoms with Crippen LogP contribution in [0.4, 0.5) is 5.69 Å². The highest BCUT2D eigenvalue weighted by Gasteiger charge is 2.16. The van der Waals surface area contributed by atoms with Crippen LogP contribution in [-0.2, 0) is 9.53 Å². The molecule has 5 nitrogen and oxygen atoms in total. The number of carbonyl (C=O) groups excluding carboxylic acids is 1. The van der Waals surface area contributed by atoms with Crippen LogP contribution in [-0.4, -0.2) is 30.2 Å². The first-order valence-corrected chi connectivity index (χ1v) is 5.26. The molecule has 0 spiro atoms. The molecule has 1 unspecified atom stereocenters. The largest absolute Gasteiger partial charge is 0.478 e. The van der Waals surface area contributed by atoms with Crippen LogP contribution in [0.5, 0.6) is 0 Å². The first-order valence-electron chi connectivity index (χ1n) is 5.26. The van der Waals surface area contributed by atoms with Gasteiger partial charge in [0.05, 0.1) is 12.7 Å². The van der Waals surface area contributed by atoms with E-state index < -0.39 is 12.0 Å². The summed E-state index contributed by atoms with van der Waals surface area (Å²) in [7, 11) is 1.33. The summed E-state index contributed by atoms with van der Waals surface area (Å²) in [6.45, 7) is 1.86. The number of nitrogens with one attached hydrogen (secondary N) is 1. The van der Waals surface area contributed by atoms with Crippen LogP contribution in [0, 0.1) is 0 Å². The summed E-state index contributed by atoms with van der Waals surface area (Å²) in [5.41, 5.74) is 0.897. The average molecular weight is 237 g/mol. The van der Waals surface area contributed by atoms with E-state index in [4.69, 9.17) is 5.11 Å². The van der Waals surface area contributed by atoms with Crippen molar-refractivity contribution >= 4 is 17.6 Å². The van der Waals surface area contributed by atoms with Crippen molar-refractivity contribution in [2.24, 2.45) is 0 Å². The number of hydrogen-bond donors (Lipinski definition) is 2. The van der Waals surface area contributed by atoms with Gasteiger partial charge in [0, 0.05) is 5.69 Å². The number of rotatable bonds is 5. The zero-order valence-corrected chi connectivity index (χ0v) is 9.77. The Bertz CT molecular complexity index is 399. The molecule has 92 valence electrons. The number of benzene rings is 1. The van der Waals surface area contributed by atoms with Crippen LogP contribution < -0.4 is 5.32 Å². The van der Waals surface area contributed by atoms with E-state index in [1.165, 1.54) is 19.2 Å². The van der Waals surface area contributed by atoms with Crippen LogP contribution in [0.25, 0.3) is 0 Å². The van der Waals surface area contributed by atoms with Crippen molar-refractivity contribution in [2.75, 3.05) is 12.4 Å². The minimum Gasteiger partial charge on any atom is -0.478 e. The highest BCUT2D eigenvalue weighted by Crippen LogP contribution is 2.12. The maximum atomic E-state index is 11.3. The van der Waals surface area contributed by atoms with E-state index in [0.717, 1.165) is 0 Å². The fourth-order valence-electron chi connectivity index (χ4n) is 1.38. The zero-order valence-electron chi connectivity index (χ0n) is 9.77. The quantitative estimate of drug-likeness (QED) is 0.763. The lowest BCUT2D eigenvalue weighted by atomic mass is 10.1. The van der Waals surface area contributed by atoms with Gasteiger partial charge in [-0.3, -0.25) is 0 Å². The number of aromatic carboxylic acids is 1. The van der Waals surface area contributed by atoms with Crippen LogP contribution in [0.1, 0.15) is 23.7 Å². The number of ether oxygens (including phenoxy) is 1. The Labute approximate surface area is 99.4 Å². The summed E-state index contributed by atoms with van der Waals surface area (Å²) in [5, 5.41) is 11.7. The lowest BCUT2D eigenvalue weighted by Gasteiger charge is -2.15. The normalized spacial score (nSPS) is 11.6. The Hall–Kier alpha value is -2.04. The maximum absolute atomic E-state index is 11.3. The molecule has 1 aromatic carbocycles. The fourth-order valence-corrected chi connectivity index (χ4v) is 1.38. The molecule has 0 heterocycles. The van der Waals surface area contributed by atoms with Crippen molar-refractivity contribution in [3.63, 3.8) is 0 Å². The summed E-state index contributed by atoms with van der Waals surface area (Å²) in [5.74, 6) is -1.31. The third-order valence-electron chi connectivity index (χ3n) is 2.37. The molecule has 17 heavy (non-hydrogen) atoms. The summed E-state index contributed by atoms with van der Waals surface area (Å²) >= 11 is 0. The lowest BCUT2D eigenvalue weighted by Crippen LogP contribution is -2.29. The van der Waals surface area contributed by atoms with Crippen molar-refractivity contribution in [1.29, 1.82) is 0 Å². The molecule has 0 aliphatic carbocycles. The molecule has 1 aromatic rings. The molecule has 0 fully saturated rings. The molecule has 2 N–H and O–H groups in total. The Balaban J connectivity index is 2.74. The highest BCUT2D eigenvalue weighted by molar-refractivity contribution is 5.88. The third kappa shape index (κ3) is 3.48. The van der Waals surface area contributed by atoms with Gasteiger partial charge in [0.25, 0.3) is 0 Å². The van der Waals surface area contributed by atoms with Crippen molar-refractivity contribution in [3.8, 4) is 0 Å². The molecule has 0 saturated carbocycles. The minimum absolute atomic E-state index is 0.210. The highest BCUT2D eigenvalue weighted by atomic mass is 16.5. The van der Waals surface area contributed by atoms with Crippen molar-refractivity contribution in [1.82, 2.24) is 0 Å². The Kier molecular flexibility index (Phi) is 4.51. The predicted octanol–water partition coefficient (Wildman–Crippen LogP) is 1.75. The molecule has 5 heteroatoms. The van der Waals surface area contributed by atoms with E-state index in [2.05, 4.69) is 10.1 Å². The van der Waals surface area contributed by atoms with E-state index in [0.29, 0.717) is 12.1 Å². The van der Waals surface area contributed by atoms with E-state index >= 15 is 0 Å². The molecule has 0 radical (unpaired) electrons. The van der Waals surface area contributed by atoms with Crippen LogP contribution in [0.3, 0.4) is 0 Å². The van der Waals surface area contributed by atoms with Gasteiger partial charge in [-0.1, -0.05) is 6.92 Å². The summed E-state index contributed by atoms with van der Waals surface area (Å²) in [6, 6.07) is 5.78. The molecular formula is C12H15NO4. The van der Waals surface area contributed by atoms with Gasteiger partial charge in [0.1, 0.15) is 6.04 Å². The van der Waals surface area contributed by atoms with Crippen LogP contribution in [0.2, 0.25) is 0 Å². The SMILES string of the molecule is CCC(Nc1ccc(C(=O)O)cc1)C(=O)OC. The second-order valence-electron chi connectivity index (χ2n) is 3.51. The van der Waals surface area contributed by atoms with E-state index in [1.54, 1.807) is 12.1 Å². The number of carboxylic acid groups (broad SMARTS) is 1. The Morgan fingerprint density at radius 3 is 2.35 bits per heavy atom. The summed E-state index contributed by atoms with van der Waals surface area (Å²) < 4.78 is 4.64. The second-order valence-corrected chi connectivity index (χ2v) is 3.51. The van der Waals surface area contributed by atoms with E-state index in [-0.39, 0.29) is 11.5 Å². The molecule has 0 aliphatic rings. The predicted molar refractivity (Wildman–Crippen MR) is 63.1 cm³/mol. The van der Waals surface area contributed by atoms with Gasteiger partial charge in [0.15, 0.2) is 0 Å². The Morgan fingerprint density at radius 1 is 1.35 bits per heavy atom. The average Bonchev–Trinajstić information content (AvgIpc) is 2.35. The lowest BCUT2D eigenvalue weighted by molar-refractivity contribution is -0.141. The van der Waals surface area contributed by atoms with Gasteiger partial charge in [-0.05, 0) is 30.7 Å². The van der Waals surface area contributed by atoms with Gasteiger partial charge in [-0.2, -0.15) is 0 Å². The van der Waals surface area contributed by atoms with Crippen molar-refractivity contribution in [3.05, 3.63) is 29.8 Å². The van der Waals surface area contributed by atoms with Gasteiger partial charge in [-0.15, -0.1) is 0 Å². The van der Waals surface area contributed by atoms with Crippen LogP contribution >= 0.6 is 0 Å². The van der Waals surface area contributed by atoms with Crippen LogP contribution in [0.15, 0.2) is 24.3 Å². The monoisotopic (exact) mass is 237 g/mol. The number of esters is 1. The number of carbonyl (C=O) groups is 2. The van der Waals surface area contributed by atoms with Gasteiger partial charge >= 0.3 is 11.9 Å². The van der Waals surface area contributed by atoms with Gasteiger partial charge < -0.3 is 15.2 Å². The van der Waals surface area contributed by atoms with Gasteiger partial charge in [0.2, 0.25) is 0 Å². The summed E-state index contributed by atoms with van der Waals surface area (Å²) in [6.07, 6.45) is 0.591. The third-order valence-corrected chi connectivity index (χ3v) is 2.37. The number of hydrogen-bond acceptors (Lipinski definition) is 4. The Morgan fingerprint density at radius 2 is 1.94 bits per heavy atom. The minimum atomic E-state index is -0.975. The molecule has 1 rings (SSSR count). The smallest absolute Gasteiger partial charge is 0.335 e.